The molecule has 0 bridgehead atoms. The molecule has 0 unspecified atom stereocenters. The van der Waals surface area contributed by atoms with Crippen LogP contribution in [-0.2, 0) is 25.9 Å². The summed E-state index contributed by atoms with van der Waals surface area (Å²) in [5.41, 5.74) is 2.04. The molecule has 0 N–H and O–H groups in total. The summed E-state index contributed by atoms with van der Waals surface area (Å²) in [6.07, 6.45) is 20.5. The van der Waals surface area contributed by atoms with Crippen molar-refractivity contribution >= 4 is 34.6 Å². The van der Waals surface area contributed by atoms with Crippen LogP contribution in [0.15, 0.2) is 0 Å². The largest absolute Gasteiger partial charge is 0 e. The molecule has 3 saturated carbocycles. The third-order valence-electron chi connectivity index (χ3n) is 6.82. The molecule has 0 amide bonds. The van der Waals surface area contributed by atoms with Crippen LogP contribution < -0.4 is 0 Å². The van der Waals surface area contributed by atoms with E-state index in [0.29, 0.717) is 17.0 Å². The van der Waals surface area contributed by atoms with Gasteiger partial charge >= 0.3 is 141 Å². The van der Waals surface area contributed by atoms with Gasteiger partial charge in [0.05, 0.1) is 0 Å². The van der Waals surface area contributed by atoms with Crippen molar-refractivity contribution in [2.24, 2.45) is 0 Å². The Labute approximate surface area is 173 Å². The van der Waals surface area contributed by atoms with Crippen LogP contribution in [0.1, 0.15) is 96.3 Å². The maximum atomic E-state index is 8.00. The van der Waals surface area contributed by atoms with Crippen LogP contribution in [0.4, 0.5) is 0 Å². The van der Waals surface area contributed by atoms with Crippen LogP contribution in [0.3, 0.4) is 0 Å². The third kappa shape index (κ3) is 4.80. The van der Waals surface area contributed by atoms with E-state index in [1.807, 2.05) is 6.79 Å². The smallest absolute Gasteiger partial charge is 0 e. The SMILES string of the molecule is C=O.ClP(Cl)(C1CCCCC1)(C1CCCCC1)C1CCCCC1.[Pt]. The Bertz CT molecular complexity index is 310. The number of hydrogen-bond donors (Lipinski definition) is 0. The molecule has 0 atom stereocenters. The summed E-state index contributed by atoms with van der Waals surface area (Å²) in [6, 6.07) is 0. The molecule has 0 aromatic carbocycles. The minimum atomic E-state index is -2.60. The van der Waals surface area contributed by atoms with Crippen molar-refractivity contribution in [1.29, 1.82) is 0 Å². The molecule has 0 saturated heterocycles. The number of rotatable bonds is 3. The van der Waals surface area contributed by atoms with Crippen molar-refractivity contribution in [3.63, 3.8) is 0 Å². The molecular weight excluding hydrogens is 541 g/mol. The normalized spacial score (nSPS) is 26.3. The van der Waals surface area contributed by atoms with Crippen molar-refractivity contribution < 1.29 is 25.9 Å². The Kier molecular flexibility index (Phi) is 10.4. The number of carbonyl (C=O) groups excluding carboxylic acids is 1. The van der Waals surface area contributed by atoms with Crippen molar-refractivity contribution in [1.82, 2.24) is 0 Å². The Morgan fingerprint density at radius 3 is 0.958 bits per heavy atom. The number of halogens is 2. The van der Waals surface area contributed by atoms with Gasteiger partial charge in [0, 0.05) is 21.1 Å². The second kappa shape index (κ2) is 10.6. The number of hydrogen-bond acceptors (Lipinski definition) is 1. The first kappa shape index (κ1) is 23.4. The monoisotopic (exact) mass is 575 g/mol. The van der Waals surface area contributed by atoms with E-state index in [1.54, 1.807) is 0 Å². The van der Waals surface area contributed by atoms with Crippen LogP contribution in [-0.4, -0.2) is 23.8 Å². The zero-order valence-electron chi connectivity index (χ0n) is 15.0. The summed E-state index contributed by atoms with van der Waals surface area (Å²) in [4.78, 5) is 8.00. The molecule has 0 aromatic rings. The molecule has 5 heteroatoms. The molecule has 3 fully saturated rings. The summed E-state index contributed by atoms with van der Waals surface area (Å²) in [5.74, 6) is 0. The average Bonchev–Trinajstić information content (AvgIpc) is 2.66. The fraction of sp³-hybridized carbons (Fsp3) is 0.947. The second-order valence-electron chi connectivity index (χ2n) is 7.97. The van der Waals surface area contributed by atoms with Gasteiger partial charge in [-0.05, 0) is 0 Å². The van der Waals surface area contributed by atoms with Gasteiger partial charge in [-0.3, -0.25) is 0 Å². The Balaban J connectivity index is 0.000000925. The van der Waals surface area contributed by atoms with Crippen molar-refractivity contribution in [3.8, 4) is 0 Å². The molecule has 0 heterocycles. The molecule has 0 spiro atoms. The maximum absolute atomic E-state index is 8.00. The molecule has 0 radical (unpaired) electrons. The number of carbonyl (C=O) groups is 1. The third-order valence-corrected chi connectivity index (χ3v) is 17.5. The van der Waals surface area contributed by atoms with Crippen molar-refractivity contribution in [3.05, 3.63) is 0 Å². The van der Waals surface area contributed by atoms with Gasteiger partial charge in [0.25, 0.3) is 0 Å². The van der Waals surface area contributed by atoms with E-state index in [4.69, 9.17) is 27.3 Å². The van der Waals surface area contributed by atoms with Gasteiger partial charge in [0.15, 0.2) is 0 Å². The molecule has 0 aliphatic heterocycles. The summed E-state index contributed by atoms with van der Waals surface area (Å²) >= 11 is 15.5. The summed E-state index contributed by atoms with van der Waals surface area (Å²) in [6.45, 7) is 2.00. The molecule has 0 aromatic heterocycles. The minimum Gasteiger partial charge on any atom is 0 e. The van der Waals surface area contributed by atoms with Gasteiger partial charge in [0.2, 0.25) is 0 Å². The summed E-state index contributed by atoms with van der Waals surface area (Å²) in [5, 5.41) is -2.60. The fourth-order valence-corrected chi connectivity index (χ4v) is 15.0. The molecule has 146 valence electrons. The van der Waals surface area contributed by atoms with E-state index in [9.17, 15) is 0 Å². The van der Waals surface area contributed by atoms with Crippen molar-refractivity contribution in [2.45, 2.75) is 113 Å². The van der Waals surface area contributed by atoms with E-state index >= 15 is 0 Å². The van der Waals surface area contributed by atoms with Crippen LogP contribution in [0.5, 0.6) is 0 Å². The fourth-order valence-electron chi connectivity index (χ4n) is 5.62. The first-order valence-corrected chi connectivity index (χ1v) is 14.1. The van der Waals surface area contributed by atoms with E-state index in [1.165, 1.54) is 96.3 Å². The van der Waals surface area contributed by atoms with Gasteiger partial charge in [-0.15, -0.1) is 0 Å². The molecule has 3 aliphatic carbocycles. The molecular formula is C19H35Cl2OPPt. The van der Waals surface area contributed by atoms with Gasteiger partial charge in [-0.1, -0.05) is 0 Å². The molecule has 3 rings (SSSR count). The van der Waals surface area contributed by atoms with Crippen LogP contribution in [0, 0.1) is 0 Å². The van der Waals surface area contributed by atoms with Gasteiger partial charge in [0.1, 0.15) is 6.79 Å². The second-order valence-corrected chi connectivity index (χ2v) is 17.4. The van der Waals surface area contributed by atoms with Crippen LogP contribution in [0.25, 0.3) is 0 Å². The molecule has 1 nitrogen and oxygen atoms in total. The van der Waals surface area contributed by atoms with Crippen molar-refractivity contribution in [2.75, 3.05) is 0 Å². The van der Waals surface area contributed by atoms with E-state index in [2.05, 4.69) is 0 Å². The predicted molar refractivity (Wildman–Crippen MR) is 106 cm³/mol. The Hall–Kier alpha value is 1.37. The topological polar surface area (TPSA) is 17.1 Å². The van der Waals surface area contributed by atoms with Gasteiger partial charge in [-0.25, -0.2) is 0 Å². The predicted octanol–water partition coefficient (Wildman–Crippen LogP) is 7.66. The Morgan fingerprint density at radius 1 is 0.542 bits per heavy atom. The van der Waals surface area contributed by atoms with Gasteiger partial charge < -0.3 is 4.79 Å². The molecule has 3 aliphatic rings. The van der Waals surface area contributed by atoms with E-state index in [0.717, 1.165) is 0 Å². The first-order chi connectivity index (χ1) is 11.1. The minimum absolute atomic E-state index is 0. The quantitative estimate of drug-likeness (QED) is 0.316. The summed E-state index contributed by atoms with van der Waals surface area (Å²) < 4.78 is 0. The Morgan fingerprint density at radius 2 is 0.750 bits per heavy atom. The summed E-state index contributed by atoms with van der Waals surface area (Å²) in [7, 11) is 0. The van der Waals surface area contributed by atoms with Crippen LogP contribution in [0.2, 0.25) is 0 Å². The molecule has 24 heavy (non-hydrogen) atoms. The maximum Gasteiger partial charge on any atom is 0 e. The van der Waals surface area contributed by atoms with E-state index in [-0.39, 0.29) is 21.1 Å². The van der Waals surface area contributed by atoms with E-state index < -0.39 is 5.31 Å². The zero-order valence-corrected chi connectivity index (χ0v) is 19.7. The zero-order chi connectivity index (χ0) is 16.8. The standard InChI is InChI=1S/C18H33Cl2P.CH2O.Pt/c19-21(20,16-10-4-1-5-11-16,17-12-6-2-7-13-17)18-14-8-3-9-15-18;1-2;/h16-18H,1-15H2;1H2;. The first-order valence-electron chi connectivity index (χ1n) is 9.85. The van der Waals surface area contributed by atoms with Gasteiger partial charge in [-0.2, -0.15) is 0 Å². The van der Waals surface area contributed by atoms with Crippen LogP contribution >= 0.6 is 27.8 Å². The average molecular weight is 576 g/mol.